The monoisotopic (exact) mass is 420 g/mol. The summed E-state index contributed by atoms with van der Waals surface area (Å²) in [5, 5.41) is 0.620. The molecule has 1 aliphatic rings. The van der Waals surface area contributed by atoms with Gasteiger partial charge in [0.25, 0.3) is 0 Å². The molecule has 0 N–H and O–H groups in total. The van der Waals surface area contributed by atoms with Gasteiger partial charge in [0.2, 0.25) is 10.0 Å². The van der Waals surface area contributed by atoms with Crippen LogP contribution in [-0.2, 0) is 16.6 Å². The molecule has 1 fully saturated rings. The minimum absolute atomic E-state index is 0.155. The van der Waals surface area contributed by atoms with Crippen molar-refractivity contribution in [1.82, 2.24) is 8.87 Å². The number of hydrogen-bond donors (Lipinski definition) is 0. The number of piperidine rings is 1. The summed E-state index contributed by atoms with van der Waals surface area (Å²) >= 11 is 5.90. The average molecular weight is 421 g/mol. The maximum absolute atomic E-state index is 12.9. The zero-order chi connectivity index (χ0) is 19.9. The molecule has 0 radical (unpaired) electrons. The standard InChI is InChI=1S/C20H21ClN2O4S/c1-14-8-10-22(11-9-14)28(25,26)17-6-7-18-19(12-17)27-20(24)23(18)13-15-2-4-16(21)5-3-15/h2-7,12,14H,8-11,13H2,1H3. The molecule has 1 aromatic heterocycles. The van der Waals surface area contributed by atoms with Crippen LogP contribution in [0.25, 0.3) is 11.1 Å². The van der Waals surface area contributed by atoms with Gasteiger partial charge in [-0.2, -0.15) is 4.31 Å². The fourth-order valence-electron chi connectivity index (χ4n) is 3.50. The number of aromatic nitrogens is 1. The lowest BCUT2D eigenvalue weighted by molar-refractivity contribution is 0.288. The molecular weight excluding hydrogens is 400 g/mol. The smallest absolute Gasteiger partial charge is 0.408 e. The van der Waals surface area contributed by atoms with E-state index in [0.717, 1.165) is 18.4 Å². The van der Waals surface area contributed by atoms with Gasteiger partial charge in [-0.1, -0.05) is 30.7 Å². The molecule has 2 heterocycles. The highest BCUT2D eigenvalue weighted by Crippen LogP contribution is 2.26. The van der Waals surface area contributed by atoms with Crippen LogP contribution in [0.1, 0.15) is 25.3 Å². The van der Waals surface area contributed by atoms with Crippen molar-refractivity contribution in [3.63, 3.8) is 0 Å². The second-order valence-corrected chi connectivity index (χ2v) is 9.67. The summed E-state index contributed by atoms with van der Waals surface area (Å²) in [5.74, 6) is 0.0140. The fraction of sp³-hybridized carbons (Fsp3) is 0.350. The van der Waals surface area contributed by atoms with Gasteiger partial charge in [0, 0.05) is 24.2 Å². The highest BCUT2D eigenvalue weighted by molar-refractivity contribution is 7.89. The maximum Gasteiger partial charge on any atom is 0.420 e. The summed E-state index contributed by atoms with van der Waals surface area (Å²) in [6.07, 6.45) is 1.71. The second kappa shape index (κ2) is 7.39. The Bertz CT molecular complexity index is 1160. The summed E-state index contributed by atoms with van der Waals surface area (Å²) < 4.78 is 34.2. The van der Waals surface area contributed by atoms with Crippen molar-refractivity contribution in [1.29, 1.82) is 0 Å². The number of benzene rings is 2. The van der Waals surface area contributed by atoms with Gasteiger partial charge < -0.3 is 4.42 Å². The zero-order valence-corrected chi connectivity index (χ0v) is 17.0. The number of rotatable bonds is 4. The lowest BCUT2D eigenvalue weighted by Crippen LogP contribution is -2.37. The van der Waals surface area contributed by atoms with Gasteiger partial charge in [0.1, 0.15) is 0 Å². The van der Waals surface area contributed by atoms with Gasteiger partial charge in [0.05, 0.1) is 17.0 Å². The molecule has 0 atom stereocenters. The fourth-order valence-corrected chi connectivity index (χ4v) is 5.12. The van der Waals surface area contributed by atoms with Crippen molar-refractivity contribution < 1.29 is 12.8 Å². The summed E-state index contributed by atoms with van der Waals surface area (Å²) in [7, 11) is -3.60. The maximum atomic E-state index is 12.9. The largest absolute Gasteiger partial charge is 0.420 e. The molecule has 2 aromatic carbocycles. The molecule has 0 bridgehead atoms. The molecule has 3 aromatic rings. The molecule has 148 valence electrons. The molecule has 0 unspecified atom stereocenters. The molecule has 1 saturated heterocycles. The van der Waals surface area contributed by atoms with E-state index < -0.39 is 15.8 Å². The van der Waals surface area contributed by atoms with Crippen LogP contribution in [0.4, 0.5) is 0 Å². The Morgan fingerprint density at radius 3 is 2.46 bits per heavy atom. The number of sulfonamides is 1. The molecule has 1 aliphatic heterocycles. The summed E-state index contributed by atoms with van der Waals surface area (Å²) in [6.45, 7) is 3.49. The van der Waals surface area contributed by atoms with E-state index in [0.29, 0.717) is 36.1 Å². The van der Waals surface area contributed by atoms with E-state index in [4.69, 9.17) is 16.0 Å². The van der Waals surface area contributed by atoms with Crippen molar-refractivity contribution in [3.05, 3.63) is 63.6 Å². The van der Waals surface area contributed by atoms with E-state index in [1.807, 2.05) is 12.1 Å². The molecule has 6 nitrogen and oxygen atoms in total. The Morgan fingerprint density at radius 1 is 1.11 bits per heavy atom. The van der Waals surface area contributed by atoms with Crippen molar-refractivity contribution in [2.45, 2.75) is 31.2 Å². The molecule has 0 spiro atoms. The van der Waals surface area contributed by atoms with Gasteiger partial charge in [-0.05, 0) is 48.6 Å². The predicted molar refractivity (Wildman–Crippen MR) is 108 cm³/mol. The topological polar surface area (TPSA) is 72.5 Å². The minimum atomic E-state index is -3.60. The van der Waals surface area contributed by atoms with Crippen LogP contribution >= 0.6 is 11.6 Å². The van der Waals surface area contributed by atoms with Crippen LogP contribution in [0, 0.1) is 5.92 Å². The third-order valence-electron chi connectivity index (χ3n) is 5.27. The van der Waals surface area contributed by atoms with E-state index >= 15 is 0 Å². The van der Waals surface area contributed by atoms with E-state index in [1.54, 1.807) is 24.3 Å². The molecule has 0 saturated carbocycles. The highest BCUT2D eigenvalue weighted by Gasteiger charge is 2.28. The number of nitrogens with zero attached hydrogens (tertiary/aromatic N) is 2. The molecule has 28 heavy (non-hydrogen) atoms. The van der Waals surface area contributed by atoms with Crippen LogP contribution < -0.4 is 5.76 Å². The first-order chi connectivity index (χ1) is 13.3. The van der Waals surface area contributed by atoms with Crippen molar-refractivity contribution >= 4 is 32.7 Å². The third-order valence-corrected chi connectivity index (χ3v) is 7.42. The van der Waals surface area contributed by atoms with Crippen LogP contribution in [0.2, 0.25) is 5.02 Å². The first-order valence-electron chi connectivity index (χ1n) is 9.22. The SMILES string of the molecule is CC1CCN(S(=O)(=O)c2ccc3c(c2)oc(=O)n3Cc2ccc(Cl)cc2)CC1. The van der Waals surface area contributed by atoms with E-state index in [-0.39, 0.29) is 10.5 Å². The predicted octanol–water partition coefficient (Wildman–Crippen LogP) is 3.72. The van der Waals surface area contributed by atoms with E-state index in [1.165, 1.54) is 14.9 Å². The second-order valence-electron chi connectivity index (χ2n) is 7.30. The minimum Gasteiger partial charge on any atom is -0.408 e. The summed E-state index contributed by atoms with van der Waals surface area (Å²) in [6, 6.07) is 11.8. The Kier molecular flexibility index (Phi) is 5.07. The van der Waals surface area contributed by atoms with E-state index in [2.05, 4.69) is 6.92 Å². The van der Waals surface area contributed by atoms with Crippen molar-refractivity contribution in [2.24, 2.45) is 5.92 Å². The highest BCUT2D eigenvalue weighted by atomic mass is 35.5. The van der Waals surface area contributed by atoms with Gasteiger partial charge in [-0.25, -0.2) is 13.2 Å². The van der Waals surface area contributed by atoms with Gasteiger partial charge in [-0.3, -0.25) is 4.57 Å². The molecule has 0 amide bonds. The van der Waals surface area contributed by atoms with E-state index in [9.17, 15) is 13.2 Å². The summed E-state index contributed by atoms with van der Waals surface area (Å²) in [5.41, 5.74) is 1.73. The van der Waals surface area contributed by atoms with Crippen molar-refractivity contribution in [2.75, 3.05) is 13.1 Å². The number of oxazole rings is 1. The Morgan fingerprint density at radius 2 is 1.79 bits per heavy atom. The zero-order valence-electron chi connectivity index (χ0n) is 15.5. The van der Waals surface area contributed by atoms with Crippen molar-refractivity contribution in [3.8, 4) is 0 Å². The van der Waals surface area contributed by atoms with Gasteiger partial charge in [0.15, 0.2) is 5.58 Å². The first-order valence-corrected chi connectivity index (χ1v) is 11.0. The number of hydrogen-bond acceptors (Lipinski definition) is 4. The lowest BCUT2D eigenvalue weighted by atomic mass is 10.0. The quantitative estimate of drug-likeness (QED) is 0.644. The molecule has 8 heteroatoms. The average Bonchev–Trinajstić information content (AvgIpc) is 2.98. The Hall–Kier alpha value is -2.09. The number of fused-ring (bicyclic) bond motifs is 1. The van der Waals surface area contributed by atoms with Crippen LogP contribution in [0.5, 0.6) is 0 Å². The lowest BCUT2D eigenvalue weighted by Gasteiger charge is -2.29. The normalized spacial score (nSPS) is 16.6. The summed E-state index contributed by atoms with van der Waals surface area (Å²) in [4.78, 5) is 12.5. The van der Waals surface area contributed by atoms with Crippen LogP contribution in [-0.4, -0.2) is 30.4 Å². The molecular formula is C20H21ClN2O4S. The number of halogens is 1. The van der Waals surface area contributed by atoms with Gasteiger partial charge in [-0.15, -0.1) is 0 Å². The first kappa shape index (κ1) is 19.2. The molecule has 4 rings (SSSR count). The Labute approximate surface area is 168 Å². The van der Waals surface area contributed by atoms with Gasteiger partial charge >= 0.3 is 5.76 Å². The third kappa shape index (κ3) is 3.62. The van der Waals surface area contributed by atoms with Crippen LogP contribution in [0.15, 0.2) is 56.6 Å². The molecule has 0 aliphatic carbocycles. The Balaban J connectivity index is 1.67. The van der Waals surface area contributed by atoms with Crippen LogP contribution in [0.3, 0.4) is 0 Å².